The standard InChI is InChI=1S/C21H26N4S/c1-4-24(5-2)17-11-9-16(10-12-17)20-19(18-8-6-7-13-22-18)23-21-25(20)14-15(3)26-21/h6-13,15,19-20H,4-5,14H2,1-3H3/t15-,19+,20-/m1/s1. The summed E-state index contributed by atoms with van der Waals surface area (Å²) >= 11 is 1.89. The van der Waals surface area contributed by atoms with Crippen LogP contribution in [0.2, 0.25) is 0 Å². The van der Waals surface area contributed by atoms with Crippen LogP contribution in [0.25, 0.3) is 0 Å². The third kappa shape index (κ3) is 3.09. The van der Waals surface area contributed by atoms with Gasteiger partial charge in [-0.25, -0.2) is 0 Å². The minimum Gasteiger partial charge on any atom is -0.372 e. The Balaban J connectivity index is 1.68. The normalized spacial score (nSPS) is 24.5. The van der Waals surface area contributed by atoms with E-state index in [4.69, 9.17) is 4.99 Å². The molecule has 0 saturated carbocycles. The fraction of sp³-hybridized carbons (Fsp3) is 0.429. The molecular weight excluding hydrogens is 340 g/mol. The lowest BCUT2D eigenvalue weighted by Crippen LogP contribution is -2.28. The van der Waals surface area contributed by atoms with E-state index in [1.54, 1.807) is 0 Å². The minimum atomic E-state index is 0.0745. The van der Waals surface area contributed by atoms with Crippen LogP contribution < -0.4 is 4.90 Å². The van der Waals surface area contributed by atoms with Crippen molar-refractivity contribution in [3.63, 3.8) is 0 Å². The van der Waals surface area contributed by atoms with Crippen molar-refractivity contribution >= 4 is 22.6 Å². The number of hydrogen-bond acceptors (Lipinski definition) is 5. The summed E-state index contributed by atoms with van der Waals surface area (Å²) in [5, 5.41) is 1.77. The van der Waals surface area contributed by atoms with Gasteiger partial charge in [-0.1, -0.05) is 36.9 Å². The first-order valence-electron chi connectivity index (χ1n) is 9.48. The highest BCUT2D eigenvalue weighted by Gasteiger charge is 2.43. The Hall–Kier alpha value is -2.01. The van der Waals surface area contributed by atoms with Crippen molar-refractivity contribution in [1.82, 2.24) is 9.88 Å². The lowest BCUT2D eigenvalue weighted by atomic mass is 9.96. The SMILES string of the molecule is CCN(CC)c1ccc([C@@H]2[C@H](c3ccccn3)N=C3S[C@H](C)CN32)cc1. The highest BCUT2D eigenvalue weighted by molar-refractivity contribution is 8.14. The van der Waals surface area contributed by atoms with Gasteiger partial charge in [-0.2, -0.15) is 0 Å². The second-order valence-corrected chi connectivity index (χ2v) is 8.31. The van der Waals surface area contributed by atoms with Crippen molar-refractivity contribution in [2.45, 2.75) is 38.1 Å². The lowest BCUT2D eigenvalue weighted by Gasteiger charge is -2.28. The van der Waals surface area contributed by atoms with Gasteiger partial charge in [0, 0.05) is 36.8 Å². The number of pyridine rings is 1. The molecule has 3 atom stereocenters. The van der Waals surface area contributed by atoms with E-state index in [0.29, 0.717) is 5.25 Å². The zero-order valence-electron chi connectivity index (χ0n) is 15.7. The summed E-state index contributed by atoms with van der Waals surface area (Å²) in [5.41, 5.74) is 3.67. The van der Waals surface area contributed by atoms with Gasteiger partial charge in [-0.05, 0) is 43.7 Å². The molecule has 4 nitrogen and oxygen atoms in total. The van der Waals surface area contributed by atoms with Gasteiger partial charge in [0.2, 0.25) is 0 Å². The molecule has 3 heterocycles. The molecule has 4 rings (SSSR count). The van der Waals surface area contributed by atoms with Crippen LogP contribution in [0.4, 0.5) is 5.69 Å². The van der Waals surface area contributed by atoms with Crippen molar-refractivity contribution in [2.75, 3.05) is 24.5 Å². The molecule has 0 unspecified atom stereocenters. The predicted octanol–water partition coefficient (Wildman–Crippen LogP) is 4.52. The molecule has 1 aromatic carbocycles. The summed E-state index contributed by atoms with van der Waals surface area (Å²) in [5.74, 6) is 0. The van der Waals surface area contributed by atoms with Gasteiger partial charge in [-0.3, -0.25) is 9.98 Å². The average molecular weight is 367 g/mol. The number of nitrogens with zero attached hydrogens (tertiary/aromatic N) is 4. The fourth-order valence-corrected chi connectivity index (χ4v) is 5.04. The summed E-state index contributed by atoms with van der Waals surface area (Å²) in [7, 11) is 0. The second kappa shape index (κ2) is 7.31. The highest BCUT2D eigenvalue weighted by Crippen LogP contribution is 2.47. The topological polar surface area (TPSA) is 31.7 Å². The fourth-order valence-electron chi connectivity index (χ4n) is 3.95. The Labute approximate surface area is 160 Å². The number of aliphatic imine (C=N–C) groups is 1. The van der Waals surface area contributed by atoms with E-state index in [-0.39, 0.29) is 12.1 Å². The second-order valence-electron chi connectivity index (χ2n) is 6.90. The summed E-state index contributed by atoms with van der Waals surface area (Å²) in [6, 6.07) is 15.5. The van der Waals surface area contributed by atoms with E-state index in [1.165, 1.54) is 16.4 Å². The van der Waals surface area contributed by atoms with Crippen molar-refractivity contribution in [2.24, 2.45) is 4.99 Å². The van der Waals surface area contributed by atoms with E-state index in [1.807, 2.05) is 24.0 Å². The molecule has 2 aliphatic rings. The molecule has 2 aromatic rings. The number of anilines is 1. The summed E-state index contributed by atoms with van der Waals surface area (Å²) in [4.78, 5) is 14.5. The van der Waals surface area contributed by atoms with Gasteiger partial charge in [0.05, 0.1) is 11.7 Å². The third-order valence-electron chi connectivity index (χ3n) is 5.24. The van der Waals surface area contributed by atoms with E-state index in [2.05, 4.69) is 72.0 Å². The Morgan fingerprint density at radius 2 is 1.88 bits per heavy atom. The number of aromatic nitrogens is 1. The van der Waals surface area contributed by atoms with Gasteiger partial charge < -0.3 is 9.80 Å². The molecule has 0 amide bonds. The maximum absolute atomic E-state index is 5.05. The number of rotatable bonds is 5. The van der Waals surface area contributed by atoms with Crippen molar-refractivity contribution in [3.05, 3.63) is 59.9 Å². The van der Waals surface area contributed by atoms with E-state index >= 15 is 0 Å². The number of hydrogen-bond donors (Lipinski definition) is 0. The molecule has 0 radical (unpaired) electrons. The summed E-state index contributed by atoms with van der Waals surface area (Å²) in [6.07, 6.45) is 1.87. The van der Waals surface area contributed by atoms with Crippen molar-refractivity contribution in [1.29, 1.82) is 0 Å². The smallest absolute Gasteiger partial charge is 0.160 e. The molecule has 0 bridgehead atoms. The van der Waals surface area contributed by atoms with Crippen LogP contribution in [0.3, 0.4) is 0 Å². The molecule has 0 spiro atoms. The minimum absolute atomic E-state index is 0.0745. The van der Waals surface area contributed by atoms with E-state index < -0.39 is 0 Å². The number of amidine groups is 1. The van der Waals surface area contributed by atoms with E-state index in [9.17, 15) is 0 Å². The molecule has 5 heteroatoms. The molecule has 1 saturated heterocycles. The van der Waals surface area contributed by atoms with Crippen LogP contribution >= 0.6 is 11.8 Å². The first kappa shape index (κ1) is 17.4. The maximum Gasteiger partial charge on any atom is 0.160 e. The van der Waals surface area contributed by atoms with Gasteiger partial charge in [-0.15, -0.1) is 0 Å². The summed E-state index contributed by atoms with van der Waals surface area (Å²) in [6.45, 7) is 9.80. The Kier molecular flexibility index (Phi) is 4.90. The van der Waals surface area contributed by atoms with Gasteiger partial charge in [0.15, 0.2) is 5.17 Å². The monoisotopic (exact) mass is 366 g/mol. The first-order chi connectivity index (χ1) is 12.7. The Morgan fingerprint density at radius 1 is 1.12 bits per heavy atom. The molecular formula is C21H26N4S. The van der Waals surface area contributed by atoms with E-state index in [0.717, 1.165) is 25.3 Å². The third-order valence-corrected chi connectivity index (χ3v) is 6.35. The van der Waals surface area contributed by atoms with Crippen LogP contribution in [0.1, 0.15) is 44.1 Å². The molecule has 136 valence electrons. The largest absolute Gasteiger partial charge is 0.372 e. The Morgan fingerprint density at radius 3 is 2.54 bits per heavy atom. The average Bonchev–Trinajstić information content (AvgIpc) is 3.20. The number of fused-ring (bicyclic) bond motifs is 1. The van der Waals surface area contributed by atoms with Crippen LogP contribution in [-0.2, 0) is 0 Å². The van der Waals surface area contributed by atoms with Crippen molar-refractivity contribution in [3.8, 4) is 0 Å². The van der Waals surface area contributed by atoms with Gasteiger partial charge in [0.1, 0.15) is 6.04 Å². The molecule has 2 aliphatic heterocycles. The highest BCUT2D eigenvalue weighted by atomic mass is 32.2. The van der Waals surface area contributed by atoms with Crippen LogP contribution in [0.5, 0.6) is 0 Å². The zero-order valence-corrected chi connectivity index (χ0v) is 16.5. The van der Waals surface area contributed by atoms with Crippen molar-refractivity contribution < 1.29 is 0 Å². The molecule has 0 N–H and O–H groups in total. The molecule has 26 heavy (non-hydrogen) atoms. The number of benzene rings is 1. The Bertz CT molecular complexity index is 770. The number of thioether (sulfide) groups is 1. The van der Waals surface area contributed by atoms with Gasteiger partial charge >= 0.3 is 0 Å². The van der Waals surface area contributed by atoms with Crippen LogP contribution in [0.15, 0.2) is 53.7 Å². The molecule has 1 fully saturated rings. The van der Waals surface area contributed by atoms with Crippen LogP contribution in [-0.4, -0.2) is 39.9 Å². The van der Waals surface area contributed by atoms with Crippen LogP contribution in [0, 0.1) is 0 Å². The quantitative estimate of drug-likeness (QED) is 0.779. The summed E-state index contributed by atoms with van der Waals surface area (Å²) < 4.78 is 0. The first-order valence-corrected chi connectivity index (χ1v) is 10.4. The maximum atomic E-state index is 5.05. The lowest BCUT2D eigenvalue weighted by molar-refractivity contribution is 0.321. The molecule has 0 aliphatic carbocycles. The van der Waals surface area contributed by atoms with Gasteiger partial charge in [0.25, 0.3) is 0 Å². The predicted molar refractivity (Wildman–Crippen MR) is 111 cm³/mol. The molecule has 1 aromatic heterocycles. The zero-order chi connectivity index (χ0) is 18.1.